The average molecular weight is 365 g/mol. The second kappa shape index (κ2) is 7.21. The molecule has 0 unspecified atom stereocenters. The Bertz CT molecular complexity index is 962. The molecular formula is C19H15N3OS2. The van der Waals surface area contributed by atoms with Crippen LogP contribution in [0.1, 0.15) is 11.3 Å². The smallest absolute Gasteiger partial charge is 0.277 e. The molecule has 0 aliphatic rings. The highest BCUT2D eigenvalue weighted by atomic mass is 32.2. The minimum absolute atomic E-state index is 0.547. The Morgan fingerprint density at radius 3 is 2.56 bits per heavy atom. The van der Waals surface area contributed by atoms with Crippen molar-refractivity contribution in [2.45, 2.75) is 17.9 Å². The number of aryl methyl sites for hydroxylation is 1. The zero-order valence-corrected chi connectivity index (χ0v) is 15.2. The fraction of sp³-hybridized carbons (Fsp3) is 0.105. The fourth-order valence-corrected chi connectivity index (χ4v) is 3.89. The third-order valence-electron chi connectivity index (χ3n) is 3.62. The van der Waals surface area contributed by atoms with E-state index in [2.05, 4.69) is 39.6 Å². The van der Waals surface area contributed by atoms with Gasteiger partial charge in [0.2, 0.25) is 5.89 Å². The highest BCUT2D eigenvalue weighted by Gasteiger charge is 2.11. The van der Waals surface area contributed by atoms with E-state index in [9.17, 15) is 0 Å². The lowest BCUT2D eigenvalue weighted by atomic mass is 10.1. The van der Waals surface area contributed by atoms with Gasteiger partial charge in [-0.3, -0.25) is 0 Å². The first-order valence-corrected chi connectivity index (χ1v) is 9.67. The third-order valence-corrected chi connectivity index (χ3v) is 5.41. The third kappa shape index (κ3) is 3.81. The van der Waals surface area contributed by atoms with Crippen molar-refractivity contribution >= 4 is 23.1 Å². The number of hydrogen-bond donors (Lipinski definition) is 0. The van der Waals surface area contributed by atoms with E-state index in [4.69, 9.17) is 4.42 Å². The van der Waals surface area contributed by atoms with Crippen molar-refractivity contribution in [1.82, 2.24) is 15.2 Å². The van der Waals surface area contributed by atoms with Crippen LogP contribution >= 0.6 is 23.1 Å². The highest BCUT2D eigenvalue weighted by Crippen LogP contribution is 2.28. The second-order valence-electron chi connectivity index (χ2n) is 5.54. The van der Waals surface area contributed by atoms with Crippen LogP contribution in [0.2, 0.25) is 0 Å². The molecule has 2 heterocycles. The van der Waals surface area contributed by atoms with E-state index in [1.807, 2.05) is 42.5 Å². The van der Waals surface area contributed by atoms with Gasteiger partial charge in [-0.25, -0.2) is 4.98 Å². The van der Waals surface area contributed by atoms with Gasteiger partial charge in [-0.1, -0.05) is 59.8 Å². The van der Waals surface area contributed by atoms with Crippen LogP contribution in [0.25, 0.3) is 22.0 Å². The quantitative estimate of drug-likeness (QED) is 0.440. The molecule has 0 aliphatic heterocycles. The zero-order chi connectivity index (χ0) is 17.1. The van der Waals surface area contributed by atoms with E-state index in [0.717, 1.165) is 21.8 Å². The van der Waals surface area contributed by atoms with Gasteiger partial charge in [0.1, 0.15) is 5.01 Å². The topological polar surface area (TPSA) is 51.8 Å². The molecule has 2 aromatic carbocycles. The predicted octanol–water partition coefficient (Wildman–Crippen LogP) is 5.46. The van der Waals surface area contributed by atoms with Gasteiger partial charge in [-0.2, -0.15) is 0 Å². The van der Waals surface area contributed by atoms with Crippen LogP contribution < -0.4 is 0 Å². The first kappa shape index (κ1) is 16.1. The van der Waals surface area contributed by atoms with Gasteiger partial charge in [0.15, 0.2) is 0 Å². The Balaban J connectivity index is 1.42. The molecular weight excluding hydrogens is 350 g/mol. The maximum absolute atomic E-state index is 5.74. The van der Waals surface area contributed by atoms with E-state index in [-0.39, 0.29) is 0 Å². The number of rotatable bonds is 5. The van der Waals surface area contributed by atoms with Crippen LogP contribution in [0.5, 0.6) is 0 Å². The van der Waals surface area contributed by atoms with Gasteiger partial charge < -0.3 is 4.42 Å². The maximum atomic E-state index is 5.74. The summed E-state index contributed by atoms with van der Waals surface area (Å²) in [5.41, 5.74) is 4.30. The van der Waals surface area contributed by atoms with Crippen molar-refractivity contribution in [2.75, 3.05) is 0 Å². The summed E-state index contributed by atoms with van der Waals surface area (Å²) in [7, 11) is 0. The molecule has 0 amide bonds. The van der Waals surface area contributed by atoms with Crippen molar-refractivity contribution in [3.8, 4) is 22.0 Å². The minimum atomic E-state index is 0.547. The normalized spacial score (nSPS) is 10.9. The molecule has 124 valence electrons. The number of aromatic nitrogens is 3. The van der Waals surface area contributed by atoms with Crippen LogP contribution in [-0.4, -0.2) is 15.2 Å². The van der Waals surface area contributed by atoms with Gasteiger partial charge >= 0.3 is 0 Å². The highest BCUT2D eigenvalue weighted by molar-refractivity contribution is 7.98. The Morgan fingerprint density at radius 2 is 1.76 bits per heavy atom. The predicted molar refractivity (Wildman–Crippen MR) is 102 cm³/mol. The summed E-state index contributed by atoms with van der Waals surface area (Å²) in [5, 5.41) is 11.9. The van der Waals surface area contributed by atoms with Gasteiger partial charge in [0, 0.05) is 22.3 Å². The summed E-state index contributed by atoms with van der Waals surface area (Å²) in [6, 6.07) is 18.2. The molecule has 4 nitrogen and oxygen atoms in total. The molecule has 0 aliphatic carbocycles. The van der Waals surface area contributed by atoms with Crippen molar-refractivity contribution < 1.29 is 4.42 Å². The van der Waals surface area contributed by atoms with Crippen LogP contribution in [0, 0.1) is 6.92 Å². The molecule has 0 fully saturated rings. The van der Waals surface area contributed by atoms with Crippen LogP contribution in [0.3, 0.4) is 0 Å². The van der Waals surface area contributed by atoms with Crippen molar-refractivity contribution in [2.24, 2.45) is 0 Å². The monoisotopic (exact) mass is 365 g/mol. The van der Waals surface area contributed by atoms with E-state index in [1.165, 1.54) is 17.3 Å². The number of thiazole rings is 1. The second-order valence-corrected chi connectivity index (χ2v) is 7.32. The molecule has 25 heavy (non-hydrogen) atoms. The van der Waals surface area contributed by atoms with Gasteiger partial charge in [-0.15, -0.1) is 21.5 Å². The molecule has 2 aromatic heterocycles. The summed E-state index contributed by atoms with van der Waals surface area (Å²) < 4.78 is 5.74. The molecule has 6 heteroatoms. The summed E-state index contributed by atoms with van der Waals surface area (Å²) >= 11 is 3.15. The summed E-state index contributed by atoms with van der Waals surface area (Å²) in [6.07, 6.45) is 0. The molecule has 4 aromatic rings. The average Bonchev–Trinajstić information content (AvgIpc) is 3.31. The Labute approximate surface area is 154 Å². The number of hydrogen-bond acceptors (Lipinski definition) is 6. The van der Waals surface area contributed by atoms with Crippen LogP contribution in [0.4, 0.5) is 0 Å². The molecule has 0 atom stereocenters. The van der Waals surface area contributed by atoms with Crippen molar-refractivity contribution in [3.05, 3.63) is 71.2 Å². The van der Waals surface area contributed by atoms with Crippen molar-refractivity contribution in [3.63, 3.8) is 0 Å². The largest absolute Gasteiger partial charge is 0.411 e. The fourth-order valence-electron chi connectivity index (χ4n) is 2.30. The van der Waals surface area contributed by atoms with E-state index in [1.54, 1.807) is 11.3 Å². The molecule has 0 spiro atoms. The molecule has 0 radical (unpaired) electrons. The molecule has 0 saturated heterocycles. The Kier molecular flexibility index (Phi) is 4.63. The maximum Gasteiger partial charge on any atom is 0.277 e. The van der Waals surface area contributed by atoms with Gasteiger partial charge in [0.05, 0.1) is 5.69 Å². The molecule has 4 rings (SSSR count). The first-order chi connectivity index (χ1) is 12.3. The molecule has 0 N–H and O–H groups in total. The SMILES string of the molecule is Cc1ccc(-c2nnc(SCc3csc(-c4ccccc4)n3)o2)cc1. The van der Waals surface area contributed by atoms with Crippen LogP contribution in [0.15, 0.2) is 69.6 Å². The number of benzene rings is 2. The minimum Gasteiger partial charge on any atom is -0.411 e. The van der Waals surface area contributed by atoms with E-state index < -0.39 is 0 Å². The van der Waals surface area contributed by atoms with Gasteiger partial charge in [0.25, 0.3) is 5.22 Å². The van der Waals surface area contributed by atoms with Gasteiger partial charge in [-0.05, 0) is 19.1 Å². The summed E-state index contributed by atoms with van der Waals surface area (Å²) in [4.78, 5) is 4.68. The summed E-state index contributed by atoms with van der Waals surface area (Å²) in [5.74, 6) is 1.25. The Hall–Kier alpha value is -2.44. The van der Waals surface area contributed by atoms with Crippen LogP contribution in [-0.2, 0) is 5.75 Å². The lowest BCUT2D eigenvalue weighted by Gasteiger charge is -1.96. The standard InChI is InChI=1S/C19H15N3OS2/c1-13-7-9-14(10-8-13)17-21-22-19(23-17)25-12-16-11-24-18(20-16)15-5-3-2-4-6-15/h2-11H,12H2,1H3. The first-order valence-electron chi connectivity index (χ1n) is 7.81. The van der Waals surface area contributed by atoms with E-state index in [0.29, 0.717) is 16.9 Å². The molecule has 0 saturated carbocycles. The zero-order valence-electron chi connectivity index (χ0n) is 13.5. The number of nitrogens with zero attached hydrogens (tertiary/aromatic N) is 3. The molecule has 0 bridgehead atoms. The lowest BCUT2D eigenvalue weighted by Crippen LogP contribution is -1.82. The number of thioether (sulfide) groups is 1. The summed E-state index contributed by atoms with van der Waals surface area (Å²) in [6.45, 7) is 2.05. The van der Waals surface area contributed by atoms with E-state index >= 15 is 0 Å². The van der Waals surface area contributed by atoms with Crippen molar-refractivity contribution in [1.29, 1.82) is 0 Å². The Morgan fingerprint density at radius 1 is 0.960 bits per heavy atom. The lowest BCUT2D eigenvalue weighted by molar-refractivity contribution is 0.466.